The van der Waals surface area contributed by atoms with Crippen LogP contribution in [0.2, 0.25) is 0 Å². The minimum atomic E-state index is -0.600. The van der Waals surface area contributed by atoms with Gasteiger partial charge in [-0.05, 0) is 12.0 Å². The summed E-state index contributed by atoms with van der Waals surface area (Å²) in [5.41, 5.74) is 3.93. The molecule has 0 spiro atoms. The Balaban J connectivity index is 2.63. The summed E-state index contributed by atoms with van der Waals surface area (Å²) in [7, 11) is 0. The van der Waals surface area contributed by atoms with E-state index >= 15 is 0 Å². The molecule has 0 aliphatic heterocycles. The summed E-state index contributed by atoms with van der Waals surface area (Å²) in [6.45, 7) is 3.88. The molecule has 1 aromatic carbocycles. The van der Waals surface area contributed by atoms with Crippen LogP contribution in [0, 0.1) is 0 Å². The molecule has 4 nitrogen and oxygen atoms in total. The maximum Gasteiger partial charge on any atom is 0.234 e. The summed E-state index contributed by atoms with van der Waals surface area (Å²) < 4.78 is 0. The van der Waals surface area contributed by atoms with Gasteiger partial charge in [0.2, 0.25) is 12.2 Å². The zero-order chi connectivity index (χ0) is 14.1. The van der Waals surface area contributed by atoms with Gasteiger partial charge in [0.05, 0.1) is 0 Å². The van der Waals surface area contributed by atoms with Crippen molar-refractivity contribution in [3.05, 3.63) is 42.0 Å². The van der Waals surface area contributed by atoms with Crippen LogP contribution in [0.5, 0.6) is 0 Å². The third-order valence-electron chi connectivity index (χ3n) is 2.58. The third-order valence-corrected chi connectivity index (χ3v) is 2.58. The maximum atomic E-state index is 11.4. The molecule has 0 unspecified atom stereocenters. The van der Waals surface area contributed by atoms with Crippen molar-refractivity contribution >= 4 is 18.3 Å². The van der Waals surface area contributed by atoms with E-state index in [1.54, 1.807) is 0 Å². The highest BCUT2D eigenvalue weighted by molar-refractivity contribution is 5.77. The number of benzene rings is 1. The molecular formula is C15H19N2O2. The van der Waals surface area contributed by atoms with E-state index in [9.17, 15) is 9.59 Å². The van der Waals surface area contributed by atoms with Gasteiger partial charge in [0.25, 0.3) is 0 Å². The minimum Gasteiger partial charge on any atom is -0.288 e. The molecule has 0 aliphatic carbocycles. The lowest BCUT2D eigenvalue weighted by Crippen LogP contribution is -2.49. The molecule has 1 amide bonds. The predicted octanol–water partition coefficient (Wildman–Crippen LogP) is 1.94. The number of hydrogen-bond acceptors (Lipinski definition) is 3. The smallest absolute Gasteiger partial charge is 0.234 e. The SMILES string of the molecule is CCNN(C(C)=O)[C@H]([C]=O)CC=Cc1ccccc1. The molecule has 19 heavy (non-hydrogen) atoms. The van der Waals surface area contributed by atoms with Crippen molar-refractivity contribution < 1.29 is 9.59 Å². The minimum absolute atomic E-state index is 0.191. The molecule has 1 atom stereocenters. The van der Waals surface area contributed by atoms with Crippen LogP contribution < -0.4 is 5.43 Å². The van der Waals surface area contributed by atoms with Crippen LogP contribution in [-0.2, 0) is 9.59 Å². The van der Waals surface area contributed by atoms with Crippen LogP contribution in [0.25, 0.3) is 6.08 Å². The standard InChI is InChI=1S/C15H19N2O2/c1-3-16-17(13(2)19)15(12-18)11-7-10-14-8-5-4-6-9-14/h4-10,15-16H,3,11H2,1-2H3/t15-/m0/s1. The Bertz CT molecular complexity index is 429. The number of nitrogens with one attached hydrogen (secondary N) is 1. The largest absolute Gasteiger partial charge is 0.288 e. The monoisotopic (exact) mass is 259 g/mol. The number of hydrazine groups is 1. The molecule has 0 saturated carbocycles. The molecule has 0 heterocycles. The highest BCUT2D eigenvalue weighted by atomic mass is 16.2. The molecule has 0 saturated heterocycles. The van der Waals surface area contributed by atoms with Gasteiger partial charge in [-0.25, -0.2) is 5.43 Å². The fourth-order valence-corrected chi connectivity index (χ4v) is 1.71. The Hall–Kier alpha value is -1.94. The van der Waals surface area contributed by atoms with Crippen LogP contribution in [0.1, 0.15) is 25.8 Å². The lowest BCUT2D eigenvalue weighted by atomic mass is 10.1. The molecule has 1 rings (SSSR count). The molecule has 101 valence electrons. The van der Waals surface area contributed by atoms with Crippen molar-refractivity contribution in [3.8, 4) is 0 Å². The normalized spacial score (nSPS) is 12.3. The third kappa shape index (κ3) is 5.06. The molecule has 0 fully saturated rings. The fourth-order valence-electron chi connectivity index (χ4n) is 1.71. The second kappa shape index (κ2) is 8.21. The number of carbonyl (C=O) groups excluding carboxylic acids is 2. The van der Waals surface area contributed by atoms with E-state index in [1.807, 2.05) is 55.7 Å². The van der Waals surface area contributed by atoms with Gasteiger partial charge in [0, 0.05) is 13.5 Å². The van der Waals surface area contributed by atoms with Crippen molar-refractivity contribution in [2.45, 2.75) is 26.3 Å². The van der Waals surface area contributed by atoms with Gasteiger partial charge in [-0.2, -0.15) is 0 Å². The first-order valence-corrected chi connectivity index (χ1v) is 6.31. The first-order chi connectivity index (χ1) is 9.19. The summed E-state index contributed by atoms with van der Waals surface area (Å²) in [6, 6.07) is 9.19. The van der Waals surface area contributed by atoms with Gasteiger partial charge in [-0.3, -0.25) is 14.6 Å². The summed E-state index contributed by atoms with van der Waals surface area (Å²) in [6.07, 6.45) is 6.13. The van der Waals surface area contributed by atoms with Crippen LogP contribution in [0.15, 0.2) is 36.4 Å². The van der Waals surface area contributed by atoms with Gasteiger partial charge < -0.3 is 0 Å². The summed E-state index contributed by atoms with van der Waals surface area (Å²) >= 11 is 0. The average molecular weight is 259 g/mol. The van der Waals surface area contributed by atoms with E-state index in [1.165, 1.54) is 11.9 Å². The molecule has 0 aliphatic rings. The summed E-state index contributed by atoms with van der Waals surface area (Å²) in [4.78, 5) is 22.4. The lowest BCUT2D eigenvalue weighted by molar-refractivity contribution is -0.133. The Morgan fingerprint density at radius 3 is 2.63 bits per heavy atom. The van der Waals surface area contributed by atoms with Crippen LogP contribution in [0.3, 0.4) is 0 Å². The van der Waals surface area contributed by atoms with Crippen LogP contribution >= 0.6 is 0 Å². The van der Waals surface area contributed by atoms with E-state index in [0.717, 1.165) is 5.56 Å². The number of rotatable bonds is 7. The first kappa shape index (κ1) is 15.1. The molecule has 4 heteroatoms. The molecule has 0 bridgehead atoms. The van der Waals surface area contributed by atoms with E-state index in [-0.39, 0.29) is 5.91 Å². The Kier molecular flexibility index (Phi) is 6.53. The topological polar surface area (TPSA) is 49.4 Å². The number of carbonyl (C=O) groups is 1. The Labute approximate surface area is 114 Å². The van der Waals surface area contributed by atoms with E-state index < -0.39 is 6.04 Å². The fraction of sp³-hybridized carbons (Fsp3) is 0.333. The summed E-state index contributed by atoms with van der Waals surface area (Å²) in [5, 5.41) is 1.32. The Morgan fingerprint density at radius 1 is 1.42 bits per heavy atom. The van der Waals surface area contributed by atoms with Crippen LogP contribution in [0.4, 0.5) is 0 Å². The lowest BCUT2D eigenvalue weighted by Gasteiger charge is -2.25. The molecule has 1 radical (unpaired) electrons. The zero-order valence-corrected chi connectivity index (χ0v) is 11.3. The van der Waals surface area contributed by atoms with Gasteiger partial charge >= 0.3 is 0 Å². The predicted molar refractivity (Wildman–Crippen MR) is 75.8 cm³/mol. The summed E-state index contributed by atoms with van der Waals surface area (Å²) in [5.74, 6) is -0.191. The molecular weight excluding hydrogens is 240 g/mol. The first-order valence-electron chi connectivity index (χ1n) is 6.31. The van der Waals surface area contributed by atoms with Crippen molar-refractivity contribution in [3.63, 3.8) is 0 Å². The van der Waals surface area contributed by atoms with Crippen molar-refractivity contribution in [2.24, 2.45) is 0 Å². The highest BCUT2D eigenvalue weighted by Crippen LogP contribution is 2.06. The van der Waals surface area contributed by atoms with Crippen LogP contribution in [-0.4, -0.2) is 29.8 Å². The van der Waals surface area contributed by atoms with Gasteiger partial charge in [0.15, 0.2) is 0 Å². The number of hydrogen-bond donors (Lipinski definition) is 1. The van der Waals surface area contributed by atoms with E-state index in [2.05, 4.69) is 5.43 Å². The van der Waals surface area contributed by atoms with E-state index in [4.69, 9.17) is 0 Å². The second-order valence-corrected chi connectivity index (χ2v) is 4.08. The number of amides is 1. The van der Waals surface area contributed by atoms with E-state index in [0.29, 0.717) is 13.0 Å². The number of nitrogens with zero attached hydrogens (tertiary/aromatic N) is 1. The zero-order valence-electron chi connectivity index (χ0n) is 11.3. The van der Waals surface area contributed by atoms with Crippen molar-refractivity contribution in [1.29, 1.82) is 0 Å². The molecule has 1 N–H and O–H groups in total. The Morgan fingerprint density at radius 2 is 2.11 bits per heavy atom. The van der Waals surface area contributed by atoms with Crippen molar-refractivity contribution in [2.75, 3.05) is 6.54 Å². The van der Waals surface area contributed by atoms with Gasteiger partial charge in [-0.1, -0.05) is 49.4 Å². The second-order valence-electron chi connectivity index (χ2n) is 4.08. The maximum absolute atomic E-state index is 11.4. The van der Waals surface area contributed by atoms with Gasteiger partial charge in [0.1, 0.15) is 6.04 Å². The average Bonchev–Trinajstić information content (AvgIpc) is 2.42. The molecule has 1 aromatic rings. The van der Waals surface area contributed by atoms with Crippen molar-refractivity contribution in [1.82, 2.24) is 10.4 Å². The quantitative estimate of drug-likeness (QED) is 0.761. The van der Waals surface area contributed by atoms with Gasteiger partial charge in [-0.15, -0.1) is 0 Å². The highest BCUT2D eigenvalue weighted by Gasteiger charge is 2.19. The molecule has 0 aromatic heterocycles.